The summed E-state index contributed by atoms with van der Waals surface area (Å²) in [6, 6.07) is 3.56. The summed E-state index contributed by atoms with van der Waals surface area (Å²) in [7, 11) is 1.37. The van der Waals surface area contributed by atoms with E-state index in [0.717, 1.165) is 36.8 Å². The van der Waals surface area contributed by atoms with Crippen LogP contribution in [0, 0.1) is 0 Å². The van der Waals surface area contributed by atoms with Crippen LogP contribution in [-0.2, 0) is 9.47 Å². The number of rotatable bonds is 4. The van der Waals surface area contributed by atoms with E-state index in [2.05, 4.69) is 5.10 Å². The molecule has 1 aromatic carbocycles. The summed E-state index contributed by atoms with van der Waals surface area (Å²) >= 11 is 0. The Kier molecular flexibility index (Phi) is 4.52. The average molecular weight is 318 g/mol. The highest BCUT2D eigenvalue weighted by Gasteiger charge is 2.20. The molecule has 0 bridgehead atoms. The van der Waals surface area contributed by atoms with Crippen molar-refractivity contribution in [3.8, 4) is 5.75 Å². The number of hydrogen-bond acceptors (Lipinski definition) is 5. The predicted molar refractivity (Wildman–Crippen MR) is 85.7 cm³/mol. The average Bonchev–Trinajstić information content (AvgIpc) is 2.96. The van der Waals surface area contributed by atoms with Gasteiger partial charge in [-0.15, -0.1) is 0 Å². The zero-order valence-corrected chi connectivity index (χ0v) is 13.7. The van der Waals surface area contributed by atoms with Gasteiger partial charge in [-0.25, -0.2) is 9.48 Å². The lowest BCUT2D eigenvalue weighted by atomic mass is 10.1. The van der Waals surface area contributed by atoms with E-state index >= 15 is 0 Å². The van der Waals surface area contributed by atoms with Crippen molar-refractivity contribution in [2.75, 3.05) is 13.7 Å². The Balaban J connectivity index is 2.01. The summed E-state index contributed by atoms with van der Waals surface area (Å²) in [5.41, 5.74) is 1.19. The van der Waals surface area contributed by atoms with Gasteiger partial charge < -0.3 is 14.2 Å². The molecule has 1 atom stereocenters. The van der Waals surface area contributed by atoms with Crippen molar-refractivity contribution in [3.63, 3.8) is 0 Å². The van der Waals surface area contributed by atoms with Crippen LogP contribution in [0.15, 0.2) is 18.3 Å². The van der Waals surface area contributed by atoms with Gasteiger partial charge in [0.2, 0.25) is 0 Å². The highest BCUT2D eigenvalue weighted by Crippen LogP contribution is 2.29. The van der Waals surface area contributed by atoms with Gasteiger partial charge in [0.25, 0.3) is 0 Å². The van der Waals surface area contributed by atoms with Crippen molar-refractivity contribution in [1.29, 1.82) is 0 Å². The highest BCUT2D eigenvalue weighted by molar-refractivity contribution is 5.97. The molecule has 2 aromatic rings. The topological polar surface area (TPSA) is 62.6 Å². The van der Waals surface area contributed by atoms with Gasteiger partial charge in [0.1, 0.15) is 17.5 Å². The molecule has 124 valence electrons. The minimum absolute atomic E-state index is 0.0350. The molecule has 1 aliphatic rings. The van der Waals surface area contributed by atoms with Crippen LogP contribution >= 0.6 is 0 Å². The third-order valence-electron chi connectivity index (χ3n) is 3.84. The van der Waals surface area contributed by atoms with E-state index in [9.17, 15) is 4.79 Å². The first-order chi connectivity index (χ1) is 11.1. The van der Waals surface area contributed by atoms with E-state index in [4.69, 9.17) is 14.2 Å². The van der Waals surface area contributed by atoms with Crippen molar-refractivity contribution in [3.05, 3.63) is 23.9 Å². The van der Waals surface area contributed by atoms with E-state index in [1.165, 1.54) is 7.11 Å². The minimum Gasteiger partial charge on any atom is -0.490 e. The second kappa shape index (κ2) is 6.58. The summed E-state index contributed by atoms with van der Waals surface area (Å²) in [6.45, 7) is 4.59. The van der Waals surface area contributed by atoms with E-state index in [-0.39, 0.29) is 12.3 Å². The number of methoxy groups -OCH3 is 1. The Bertz CT molecular complexity index is 702. The molecular weight excluding hydrogens is 296 g/mol. The van der Waals surface area contributed by atoms with Crippen molar-refractivity contribution in [2.24, 2.45) is 0 Å². The molecule has 0 aliphatic carbocycles. The lowest BCUT2D eigenvalue weighted by molar-refractivity contribution is -0.0390. The third-order valence-corrected chi connectivity index (χ3v) is 3.84. The largest absolute Gasteiger partial charge is 0.490 e. The number of carbonyl (C=O) groups is 1. The number of hydrogen-bond donors (Lipinski definition) is 0. The van der Waals surface area contributed by atoms with E-state index < -0.39 is 5.97 Å². The van der Waals surface area contributed by atoms with Crippen molar-refractivity contribution >= 4 is 16.9 Å². The van der Waals surface area contributed by atoms with E-state index in [1.54, 1.807) is 12.1 Å². The maximum absolute atomic E-state index is 12.0. The molecule has 2 heterocycles. The van der Waals surface area contributed by atoms with Gasteiger partial charge in [-0.1, -0.05) is 0 Å². The molecule has 0 saturated carbocycles. The molecule has 1 saturated heterocycles. The molecule has 6 heteroatoms. The summed E-state index contributed by atoms with van der Waals surface area (Å²) < 4.78 is 18.2. The van der Waals surface area contributed by atoms with Gasteiger partial charge in [-0.3, -0.25) is 0 Å². The predicted octanol–water partition coefficient (Wildman–Crippen LogP) is 3.31. The lowest BCUT2D eigenvalue weighted by Crippen LogP contribution is -2.18. The quantitative estimate of drug-likeness (QED) is 0.809. The van der Waals surface area contributed by atoms with E-state index in [0.29, 0.717) is 11.3 Å². The molecule has 0 amide bonds. The fourth-order valence-electron chi connectivity index (χ4n) is 2.77. The second-order valence-electron chi connectivity index (χ2n) is 6.00. The van der Waals surface area contributed by atoms with Crippen molar-refractivity contribution in [2.45, 2.75) is 45.4 Å². The zero-order chi connectivity index (χ0) is 16.4. The second-order valence-corrected chi connectivity index (χ2v) is 6.00. The van der Waals surface area contributed by atoms with Crippen LogP contribution in [0.2, 0.25) is 0 Å². The Hall–Kier alpha value is -2.08. The summed E-state index contributed by atoms with van der Waals surface area (Å²) in [6.07, 6.45) is 5.02. The number of nitrogens with zero attached hydrogens (tertiary/aromatic N) is 2. The Morgan fingerprint density at radius 2 is 2.22 bits per heavy atom. The molecule has 1 fully saturated rings. The molecular formula is C17H22N2O4. The van der Waals surface area contributed by atoms with Crippen LogP contribution in [0.4, 0.5) is 0 Å². The molecule has 1 aromatic heterocycles. The SMILES string of the molecule is COC(=O)c1cc2cn(C3CCCCO3)nc2cc1OC(C)C. The molecule has 1 aliphatic heterocycles. The number of carbonyl (C=O) groups excluding carboxylic acids is 1. The Morgan fingerprint density at radius 1 is 1.39 bits per heavy atom. The molecule has 0 radical (unpaired) electrons. The monoisotopic (exact) mass is 318 g/mol. The van der Waals surface area contributed by atoms with Crippen molar-refractivity contribution in [1.82, 2.24) is 9.78 Å². The third kappa shape index (κ3) is 3.32. The first-order valence-corrected chi connectivity index (χ1v) is 7.98. The number of aromatic nitrogens is 2. The van der Waals surface area contributed by atoms with Gasteiger partial charge in [0.15, 0.2) is 0 Å². The van der Waals surface area contributed by atoms with Crippen LogP contribution in [0.25, 0.3) is 10.9 Å². The number of esters is 1. The first kappa shape index (κ1) is 15.8. The lowest BCUT2D eigenvalue weighted by Gasteiger charge is -2.22. The van der Waals surface area contributed by atoms with Crippen LogP contribution in [0.5, 0.6) is 5.75 Å². The van der Waals surface area contributed by atoms with Gasteiger partial charge in [0, 0.05) is 24.3 Å². The van der Waals surface area contributed by atoms with Crippen LogP contribution in [0.3, 0.4) is 0 Å². The molecule has 0 spiro atoms. The molecule has 0 N–H and O–H groups in total. The maximum Gasteiger partial charge on any atom is 0.341 e. The first-order valence-electron chi connectivity index (χ1n) is 7.98. The molecule has 3 rings (SSSR count). The normalized spacial score (nSPS) is 18.3. The fraction of sp³-hybridized carbons (Fsp3) is 0.529. The summed E-state index contributed by atoms with van der Waals surface area (Å²) in [5.74, 6) is 0.0818. The van der Waals surface area contributed by atoms with Gasteiger partial charge in [-0.2, -0.15) is 5.10 Å². The number of ether oxygens (including phenoxy) is 3. The number of fused-ring (bicyclic) bond motifs is 1. The Labute approximate surface area is 135 Å². The summed E-state index contributed by atoms with van der Waals surface area (Å²) in [4.78, 5) is 12.0. The zero-order valence-electron chi connectivity index (χ0n) is 13.7. The number of benzene rings is 1. The van der Waals surface area contributed by atoms with Crippen LogP contribution in [-0.4, -0.2) is 35.6 Å². The fourth-order valence-corrected chi connectivity index (χ4v) is 2.77. The van der Waals surface area contributed by atoms with Crippen molar-refractivity contribution < 1.29 is 19.0 Å². The van der Waals surface area contributed by atoms with Gasteiger partial charge in [0.05, 0.1) is 18.7 Å². The van der Waals surface area contributed by atoms with Gasteiger partial charge in [-0.05, 0) is 39.2 Å². The van der Waals surface area contributed by atoms with Crippen LogP contribution in [0.1, 0.15) is 49.7 Å². The molecule has 1 unspecified atom stereocenters. The van der Waals surface area contributed by atoms with Crippen LogP contribution < -0.4 is 4.74 Å². The highest BCUT2D eigenvalue weighted by atomic mass is 16.5. The van der Waals surface area contributed by atoms with E-state index in [1.807, 2.05) is 24.7 Å². The minimum atomic E-state index is -0.413. The maximum atomic E-state index is 12.0. The molecule has 23 heavy (non-hydrogen) atoms. The Morgan fingerprint density at radius 3 is 2.87 bits per heavy atom. The van der Waals surface area contributed by atoms with Gasteiger partial charge >= 0.3 is 5.97 Å². The smallest absolute Gasteiger partial charge is 0.341 e. The standard InChI is InChI=1S/C17H22N2O4/c1-11(2)23-15-9-14-12(8-13(15)17(20)21-3)10-19(18-14)16-6-4-5-7-22-16/h8-11,16H,4-7H2,1-3H3. The summed E-state index contributed by atoms with van der Waals surface area (Å²) in [5, 5.41) is 5.46. The molecule has 6 nitrogen and oxygen atoms in total.